The molecule has 27 heteroatoms. The molecule has 12 heterocycles. The summed E-state index contributed by atoms with van der Waals surface area (Å²) in [7, 11) is 12.3. The Hall–Kier alpha value is -5.86. The smallest absolute Gasteiger partial charge is 0.274 e. The molecule has 0 saturated carbocycles. The molecule has 0 radical (unpaired) electrons. The van der Waals surface area contributed by atoms with Crippen molar-refractivity contribution in [3.05, 3.63) is 106 Å². The second-order valence-electron chi connectivity index (χ2n) is 24.1. The lowest BCUT2D eigenvalue weighted by Gasteiger charge is -2.43. The number of likely N-dealkylation sites (N-methyl/N-ethyl adjacent to an activating group) is 3. The Balaban J connectivity index is 0.000000220. The van der Waals surface area contributed by atoms with Gasteiger partial charge < -0.3 is 81.3 Å². The van der Waals surface area contributed by atoms with Gasteiger partial charge in [-0.2, -0.15) is 0 Å². The van der Waals surface area contributed by atoms with Gasteiger partial charge in [0.15, 0.2) is 45.8 Å². The van der Waals surface area contributed by atoms with Crippen LogP contribution in [0.3, 0.4) is 0 Å². The molecule has 8 aliphatic heterocycles. The van der Waals surface area contributed by atoms with E-state index in [9.17, 15) is 43.5 Å². The molecule has 0 bridgehead atoms. The number of hydrogen-bond donors (Lipinski definition) is 2. The first kappa shape index (κ1) is 76.8. The van der Waals surface area contributed by atoms with Crippen LogP contribution >= 0.6 is 45.2 Å². The van der Waals surface area contributed by atoms with Crippen LogP contribution in [0.25, 0.3) is 0 Å². The molecular weight excluding hydrogens is 1420 g/mol. The third kappa shape index (κ3) is 11.9. The van der Waals surface area contributed by atoms with Crippen molar-refractivity contribution < 1.29 is 62.2 Å². The van der Waals surface area contributed by atoms with Gasteiger partial charge in [0.1, 0.15) is 0 Å². The predicted molar refractivity (Wildman–Crippen MR) is 367 cm³/mol. The van der Waals surface area contributed by atoms with Crippen LogP contribution in [-0.4, -0.2) is 191 Å². The molecule has 8 aliphatic rings. The quantitative estimate of drug-likeness (QED) is 0.118. The molecule has 25 nitrogen and oxygen atoms in total. The summed E-state index contributed by atoms with van der Waals surface area (Å²) in [4.78, 5) is 106. The molecule has 0 spiro atoms. The number of aliphatic hydroxyl groups is 1. The van der Waals surface area contributed by atoms with Gasteiger partial charge in [0.05, 0.1) is 96.0 Å². The maximum absolute atomic E-state index is 12.9. The summed E-state index contributed by atoms with van der Waals surface area (Å²) in [6.07, 6.45) is 2.13. The number of carbonyl (C=O) groups excluding carboxylic acids is 4. The Morgan fingerprint density at radius 3 is 1.20 bits per heavy atom. The Morgan fingerprint density at radius 2 is 0.793 bits per heavy atom. The monoisotopic (exact) mass is 1510 g/mol. The minimum atomic E-state index is -0.806. The molecule has 8 unspecified atom stereocenters. The topological polar surface area (TPSA) is 272 Å². The first-order valence-electron chi connectivity index (χ1n) is 29.4. The second kappa shape index (κ2) is 29.4. The number of nitrogens with one attached hydrogen (secondary N) is 1. The number of halogens is 2. The molecule has 0 aromatic carbocycles. The van der Waals surface area contributed by atoms with Crippen LogP contribution in [0.2, 0.25) is 0 Å². The van der Waals surface area contributed by atoms with Crippen molar-refractivity contribution >= 4 is 68.8 Å². The summed E-state index contributed by atoms with van der Waals surface area (Å²) in [5.74, 6) is 0.251. The van der Waals surface area contributed by atoms with Crippen molar-refractivity contribution in [2.45, 2.75) is 143 Å². The molecule has 0 aliphatic carbocycles. The first-order valence-corrected chi connectivity index (χ1v) is 31.6. The predicted octanol–water partition coefficient (Wildman–Crippen LogP) is 6.68. The number of hydrogen-bond acceptors (Lipinski definition) is 17. The van der Waals surface area contributed by atoms with E-state index < -0.39 is 11.6 Å². The molecule has 92 heavy (non-hydrogen) atoms. The largest absolute Gasteiger partial charge is 0.491 e. The number of aliphatic hydroxyl groups excluding tert-OH is 1. The van der Waals surface area contributed by atoms with Gasteiger partial charge >= 0.3 is 0 Å². The van der Waals surface area contributed by atoms with Gasteiger partial charge in [0.2, 0.25) is 21.7 Å². The molecule has 0 saturated heterocycles. The summed E-state index contributed by atoms with van der Waals surface area (Å²) in [5, 5.41) is 13.4. The van der Waals surface area contributed by atoms with Crippen LogP contribution in [0.15, 0.2) is 31.3 Å². The van der Waals surface area contributed by atoms with Gasteiger partial charge in [-0.1, -0.05) is 50.5 Å². The fraction of sp³-hybridized carbons (Fsp3) is 0.631. The zero-order valence-corrected chi connectivity index (χ0v) is 56.8. The maximum Gasteiger partial charge on any atom is 0.274 e. The number of nitrogens with zero attached hydrogens (tertiary/aromatic N) is 7. The Labute approximate surface area is 566 Å². The van der Waals surface area contributed by atoms with Crippen molar-refractivity contribution in [3.63, 3.8) is 0 Å². The summed E-state index contributed by atoms with van der Waals surface area (Å²) in [6.45, 7) is 17.7. The summed E-state index contributed by atoms with van der Waals surface area (Å²) in [6, 6.07) is 3.20. The normalized spacial score (nSPS) is 25.0. The van der Waals surface area contributed by atoms with E-state index in [0.717, 1.165) is 36.3 Å². The first-order chi connectivity index (χ1) is 41.8. The molecule has 4 amide bonds. The summed E-state index contributed by atoms with van der Waals surface area (Å²) in [5.41, 5.74) is 1.94. The average molecular weight is 1520 g/mol. The van der Waals surface area contributed by atoms with Crippen molar-refractivity contribution in [1.82, 2.24) is 38.3 Å². The van der Waals surface area contributed by atoms with Crippen LogP contribution in [0.1, 0.15) is 186 Å². The van der Waals surface area contributed by atoms with E-state index in [0.29, 0.717) is 109 Å². The number of methoxy groups -OCH3 is 8. The van der Waals surface area contributed by atoms with Crippen molar-refractivity contribution in [2.24, 2.45) is 0 Å². The lowest BCUT2D eigenvalue weighted by Crippen LogP contribution is -2.55. The van der Waals surface area contributed by atoms with Gasteiger partial charge in [0, 0.05) is 116 Å². The molecular formula is C65H96I2N8O17. The zero-order chi connectivity index (χ0) is 64.4. The molecule has 2 N–H and O–H groups in total. The lowest BCUT2D eigenvalue weighted by molar-refractivity contribution is 0.0214. The number of amides is 4. The number of carbonyl (C=O) groups is 4. The minimum Gasteiger partial charge on any atom is -0.491 e. The van der Waals surface area contributed by atoms with Crippen molar-refractivity contribution in [1.29, 1.82) is 0 Å². The van der Waals surface area contributed by atoms with E-state index in [-0.39, 0.29) is 138 Å². The molecule has 4 aromatic heterocycles. The Kier molecular flexibility index (Phi) is 24.6. The molecule has 0 fully saturated rings. The highest BCUT2D eigenvalue weighted by molar-refractivity contribution is 14.1. The van der Waals surface area contributed by atoms with E-state index in [1.807, 2.05) is 57.1 Å². The highest BCUT2D eigenvalue weighted by Gasteiger charge is 2.55. The second-order valence-corrected chi connectivity index (χ2v) is 26.3. The van der Waals surface area contributed by atoms with Gasteiger partial charge in [-0.3, -0.25) is 38.4 Å². The fourth-order valence-electron chi connectivity index (χ4n) is 15.5. The van der Waals surface area contributed by atoms with Crippen LogP contribution < -0.4 is 46.0 Å². The van der Waals surface area contributed by atoms with Crippen LogP contribution in [-0.2, 0) is 41.1 Å². The Morgan fingerprint density at radius 1 is 0.467 bits per heavy atom. The van der Waals surface area contributed by atoms with Gasteiger partial charge in [-0.15, -0.1) is 0 Å². The molecule has 4 aromatic rings. The van der Waals surface area contributed by atoms with Gasteiger partial charge in [0.25, 0.3) is 23.6 Å². The third-order valence-corrected chi connectivity index (χ3v) is 20.8. The molecule has 512 valence electrons. The fourth-order valence-corrected chi connectivity index (χ4v) is 17.4. The number of ether oxygens (including phenoxy) is 8. The van der Waals surface area contributed by atoms with E-state index in [4.69, 9.17) is 37.9 Å². The number of rotatable bonds is 15. The highest BCUT2D eigenvalue weighted by Crippen LogP contribution is 2.50. The van der Waals surface area contributed by atoms with E-state index in [1.54, 1.807) is 59.8 Å². The van der Waals surface area contributed by atoms with E-state index in [2.05, 4.69) is 48.7 Å². The lowest BCUT2D eigenvalue weighted by atomic mass is 9.90. The van der Waals surface area contributed by atoms with Crippen molar-refractivity contribution in [3.8, 4) is 23.0 Å². The van der Waals surface area contributed by atoms with Gasteiger partial charge in [-0.25, -0.2) is 0 Å². The van der Waals surface area contributed by atoms with Crippen molar-refractivity contribution in [2.75, 3.05) is 129 Å². The highest BCUT2D eigenvalue weighted by atomic mass is 127. The van der Waals surface area contributed by atoms with Crippen LogP contribution in [0, 0.1) is 7.14 Å². The minimum absolute atomic E-state index is 0. The summed E-state index contributed by atoms with van der Waals surface area (Å²) >= 11 is 4.00. The van der Waals surface area contributed by atoms with E-state index in [1.165, 1.54) is 28.4 Å². The summed E-state index contributed by atoms with van der Waals surface area (Å²) < 4.78 is 51.6. The maximum atomic E-state index is 12.9. The molecule has 8 atom stereocenters. The number of pyridine rings is 4. The average Bonchev–Trinajstić information content (AvgIpc) is 1.52. The van der Waals surface area contributed by atoms with Gasteiger partial charge in [-0.05, 0) is 97.1 Å². The van der Waals surface area contributed by atoms with E-state index >= 15 is 0 Å². The van der Waals surface area contributed by atoms with Crippen LogP contribution in [0.5, 0.6) is 23.0 Å². The number of aromatic nitrogens is 4. The molecule has 12 rings (SSSR count). The zero-order valence-electron chi connectivity index (χ0n) is 52.4. The third-order valence-electron chi connectivity index (χ3n) is 18.7. The Bertz CT molecular complexity index is 3610. The SMILES string of the molecule is C.C.C.C.CCN1CC2(COC)CC(C)c3c(I)c(=O)c(OC)c(n32)C1=O.CCN1CC2(COC)CC(C)c3cc(=O)c(OC)c(n32)C1=O.CCN1CC2(COC)CC(O)c3c(I)c(=O)c(OC)c(n32)C1=O.COCC12CNC(=O)c3c(OC)c(=O)cc(n31)C(C)C2. The van der Waals surface area contributed by atoms with Crippen LogP contribution in [0.4, 0.5) is 0 Å². The standard InChI is InChI=1S/C16H21IN2O4.C16H22N2O4.C15H19IN2O5.C14H18N2O4.4CH4/c1-5-18-7-16(8-22-3)6-9(2)11-10(17)13(20)14(23-4)12(15(18)21)19(11)16;1-5-17-8-16(9-21-3)7-10(2)11-6-12(19)14(22-4)13(15(17)20)18(11)16;1-4-17-6-15(7-22-2)5-8(19)10-9(16)12(20)13(23-3)11(14(17)21)18(10)15;1-8-5-14(7-19-2)6-15-13(18)11-12(20-3)10(17)4-9(8)16(11)14;;;;/h9H,5-8H2,1-4H3;6,10H,5,7-9H2,1-4H3;8,19H,4-7H2,1-3H3;4,8H,5-7H2,1-3H3,(H,15,18);4*1H4.